The summed E-state index contributed by atoms with van der Waals surface area (Å²) in [5.74, 6) is 0.677. The molecule has 1 amide bonds. The molecule has 0 spiro atoms. The lowest BCUT2D eigenvalue weighted by Gasteiger charge is -2.18. The minimum Gasteiger partial charge on any atom is -0.494 e. The van der Waals surface area contributed by atoms with Gasteiger partial charge in [0.15, 0.2) is 0 Å². The molecule has 0 saturated heterocycles. The molecule has 2 aromatic rings. The van der Waals surface area contributed by atoms with Crippen molar-refractivity contribution in [1.29, 1.82) is 0 Å². The summed E-state index contributed by atoms with van der Waals surface area (Å²) < 4.78 is 7.17. The summed E-state index contributed by atoms with van der Waals surface area (Å²) in [4.78, 5) is 16.4. The molecule has 0 radical (unpaired) electrons. The molecule has 2 rings (SSSR count). The molecular weight excluding hydrogens is 292 g/mol. The zero-order valence-electron chi connectivity index (χ0n) is 14.3. The largest absolute Gasteiger partial charge is 0.494 e. The second kappa shape index (κ2) is 6.81. The minimum absolute atomic E-state index is 0.163. The Morgan fingerprint density at radius 3 is 2.74 bits per heavy atom. The van der Waals surface area contributed by atoms with E-state index in [2.05, 4.69) is 15.4 Å². The number of nitrogens with zero attached hydrogens (tertiary/aromatic N) is 3. The van der Waals surface area contributed by atoms with Crippen molar-refractivity contribution in [3.05, 3.63) is 42.0 Å². The molecule has 0 aliphatic rings. The monoisotopic (exact) mass is 316 g/mol. The Morgan fingerprint density at radius 2 is 2.13 bits per heavy atom. The topological polar surface area (TPSA) is 69.0 Å². The predicted molar refractivity (Wildman–Crippen MR) is 88.5 cm³/mol. The van der Waals surface area contributed by atoms with Gasteiger partial charge in [0.2, 0.25) is 5.82 Å². The van der Waals surface area contributed by atoms with Crippen molar-refractivity contribution in [2.75, 3.05) is 6.61 Å². The highest BCUT2D eigenvalue weighted by molar-refractivity contribution is 5.90. The van der Waals surface area contributed by atoms with Gasteiger partial charge in [0.05, 0.1) is 18.2 Å². The maximum Gasteiger partial charge on any atom is 0.291 e. The van der Waals surface area contributed by atoms with E-state index in [-0.39, 0.29) is 23.3 Å². The lowest BCUT2D eigenvalue weighted by molar-refractivity contribution is 0.0928. The zero-order valence-corrected chi connectivity index (χ0v) is 14.3. The van der Waals surface area contributed by atoms with E-state index in [4.69, 9.17) is 4.74 Å². The van der Waals surface area contributed by atoms with Crippen molar-refractivity contribution in [2.24, 2.45) is 0 Å². The van der Waals surface area contributed by atoms with Gasteiger partial charge in [0.25, 0.3) is 5.91 Å². The summed E-state index contributed by atoms with van der Waals surface area (Å²) in [7, 11) is 0. The number of rotatable bonds is 5. The number of hydrogen-bond donors (Lipinski definition) is 1. The molecule has 1 unspecified atom stereocenters. The van der Waals surface area contributed by atoms with Gasteiger partial charge in [-0.1, -0.05) is 12.1 Å². The Balaban J connectivity index is 2.07. The maximum absolute atomic E-state index is 12.3. The van der Waals surface area contributed by atoms with Gasteiger partial charge >= 0.3 is 0 Å². The fourth-order valence-electron chi connectivity index (χ4n) is 2.08. The molecular formula is C17H24N4O2. The SMILES string of the molecule is CCOc1cccc(C(C)NC(=O)c2ncn(C(C)(C)C)n2)c1. The van der Waals surface area contributed by atoms with Crippen LogP contribution in [0.5, 0.6) is 5.75 Å². The summed E-state index contributed by atoms with van der Waals surface area (Å²) in [5, 5.41) is 7.16. The average molecular weight is 316 g/mol. The normalized spacial score (nSPS) is 12.7. The average Bonchev–Trinajstić information content (AvgIpc) is 2.98. The van der Waals surface area contributed by atoms with E-state index >= 15 is 0 Å². The first kappa shape index (κ1) is 17.0. The number of hydrogen-bond acceptors (Lipinski definition) is 4. The van der Waals surface area contributed by atoms with Crippen LogP contribution in [0.1, 0.15) is 56.8 Å². The summed E-state index contributed by atoms with van der Waals surface area (Å²) in [6.07, 6.45) is 1.58. The van der Waals surface area contributed by atoms with Crippen molar-refractivity contribution < 1.29 is 9.53 Å². The van der Waals surface area contributed by atoms with Gasteiger partial charge in [-0.2, -0.15) is 0 Å². The lowest BCUT2D eigenvalue weighted by Crippen LogP contribution is -2.28. The molecule has 0 bridgehead atoms. The Kier molecular flexibility index (Phi) is 5.03. The second-order valence-corrected chi connectivity index (χ2v) is 6.38. The summed E-state index contributed by atoms with van der Waals surface area (Å²) >= 11 is 0. The van der Waals surface area contributed by atoms with Crippen LogP contribution in [0.15, 0.2) is 30.6 Å². The first-order chi connectivity index (χ1) is 10.8. The van der Waals surface area contributed by atoms with Gasteiger partial charge in [0.1, 0.15) is 12.1 Å². The Labute approximate surface area is 136 Å². The fourth-order valence-corrected chi connectivity index (χ4v) is 2.08. The van der Waals surface area contributed by atoms with E-state index in [0.717, 1.165) is 11.3 Å². The van der Waals surface area contributed by atoms with Crippen LogP contribution >= 0.6 is 0 Å². The van der Waals surface area contributed by atoms with E-state index in [9.17, 15) is 4.79 Å². The summed E-state index contributed by atoms with van der Waals surface area (Å²) in [6.45, 7) is 10.5. The third-order valence-electron chi connectivity index (χ3n) is 3.40. The van der Waals surface area contributed by atoms with Crippen LogP contribution in [0.25, 0.3) is 0 Å². The van der Waals surface area contributed by atoms with Crippen molar-refractivity contribution in [3.8, 4) is 5.75 Å². The molecule has 1 heterocycles. The first-order valence-corrected chi connectivity index (χ1v) is 7.77. The number of carbonyl (C=O) groups is 1. The maximum atomic E-state index is 12.3. The molecule has 1 N–H and O–H groups in total. The quantitative estimate of drug-likeness (QED) is 0.921. The van der Waals surface area contributed by atoms with Gasteiger partial charge in [-0.05, 0) is 52.3 Å². The molecule has 6 heteroatoms. The second-order valence-electron chi connectivity index (χ2n) is 6.38. The molecule has 1 aromatic carbocycles. The number of benzene rings is 1. The fraction of sp³-hybridized carbons (Fsp3) is 0.471. The Hall–Kier alpha value is -2.37. The van der Waals surface area contributed by atoms with Crippen molar-refractivity contribution >= 4 is 5.91 Å². The number of amides is 1. The molecule has 1 aromatic heterocycles. The zero-order chi connectivity index (χ0) is 17.0. The third kappa shape index (κ3) is 4.31. The molecule has 23 heavy (non-hydrogen) atoms. The molecule has 0 aliphatic heterocycles. The van der Waals surface area contributed by atoms with Crippen molar-refractivity contribution in [1.82, 2.24) is 20.1 Å². The van der Waals surface area contributed by atoms with E-state index in [1.807, 2.05) is 58.9 Å². The van der Waals surface area contributed by atoms with Gasteiger partial charge in [-0.25, -0.2) is 9.67 Å². The van der Waals surface area contributed by atoms with E-state index in [1.165, 1.54) is 0 Å². The highest BCUT2D eigenvalue weighted by Crippen LogP contribution is 2.19. The summed E-state index contributed by atoms with van der Waals surface area (Å²) in [6, 6.07) is 7.53. The van der Waals surface area contributed by atoms with Gasteiger partial charge in [0, 0.05) is 0 Å². The molecule has 0 fully saturated rings. The van der Waals surface area contributed by atoms with E-state index in [0.29, 0.717) is 6.61 Å². The summed E-state index contributed by atoms with van der Waals surface area (Å²) in [5.41, 5.74) is 0.766. The molecule has 124 valence electrons. The standard InChI is InChI=1S/C17H24N4O2/c1-6-23-14-9-7-8-13(10-14)12(2)19-16(22)15-18-11-21(20-15)17(3,4)5/h7-12H,6H2,1-5H3,(H,19,22). The highest BCUT2D eigenvalue weighted by Gasteiger charge is 2.20. The number of carbonyl (C=O) groups excluding carboxylic acids is 1. The van der Waals surface area contributed by atoms with Crippen molar-refractivity contribution in [3.63, 3.8) is 0 Å². The third-order valence-corrected chi connectivity index (χ3v) is 3.40. The van der Waals surface area contributed by atoms with Crippen LogP contribution in [0, 0.1) is 0 Å². The number of ether oxygens (including phenoxy) is 1. The highest BCUT2D eigenvalue weighted by atomic mass is 16.5. The van der Waals surface area contributed by atoms with Crippen molar-refractivity contribution in [2.45, 2.75) is 46.2 Å². The van der Waals surface area contributed by atoms with Crippen LogP contribution in [0.2, 0.25) is 0 Å². The van der Waals surface area contributed by atoms with Gasteiger partial charge < -0.3 is 10.1 Å². The number of aromatic nitrogens is 3. The predicted octanol–water partition coefficient (Wildman–Crippen LogP) is 2.92. The molecule has 0 aliphatic carbocycles. The molecule has 1 atom stereocenters. The van der Waals surface area contributed by atoms with Gasteiger partial charge in [-0.3, -0.25) is 4.79 Å². The van der Waals surface area contributed by atoms with Crippen LogP contribution < -0.4 is 10.1 Å². The smallest absolute Gasteiger partial charge is 0.291 e. The molecule has 0 saturated carbocycles. The van der Waals surface area contributed by atoms with Crippen LogP contribution in [-0.4, -0.2) is 27.3 Å². The van der Waals surface area contributed by atoms with E-state index < -0.39 is 0 Å². The van der Waals surface area contributed by atoms with E-state index in [1.54, 1.807) is 11.0 Å². The van der Waals surface area contributed by atoms with Crippen LogP contribution in [-0.2, 0) is 5.54 Å². The van der Waals surface area contributed by atoms with Crippen LogP contribution in [0.4, 0.5) is 0 Å². The lowest BCUT2D eigenvalue weighted by atomic mass is 10.1. The Bertz CT molecular complexity index is 673. The Morgan fingerprint density at radius 1 is 1.39 bits per heavy atom. The number of nitrogens with one attached hydrogen (secondary N) is 1. The van der Waals surface area contributed by atoms with Crippen LogP contribution in [0.3, 0.4) is 0 Å². The van der Waals surface area contributed by atoms with Gasteiger partial charge in [-0.15, -0.1) is 5.10 Å². The molecule has 6 nitrogen and oxygen atoms in total. The minimum atomic E-state index is -0.290. The first-order valence-electron chi connectivity index (χ1n) is 7.77.